The van der Waals surface area contributed by atoms with Crippen LogP contribution in [0.5, 0.6) is 0 Å². The van der Waals surface area contributed by atoms with Crippen molar-refractivity contribution in [2.24, 2.45) is 5.92 Å². The largest absolute Gasteiger partial charge is 0.314 e. The summed E-state index contributed by atoms with van der Waals surface area (Å²) in [4.78, 5) is 0. The molecule has 0 aliphatic heterocycles. The van der Waals surface area contributed by atoms with Gasteiger partial charge in [-0.2, -0.15) is 5.10 Å². The zero-order chi connectivity index (χ0) is 14.1. The lowest BCUT2D eigenvalue weighted by Crippen LogP contribution is -2.38. The van der Waals surface area contributed by atoms with Gasteiger partial charge in [-0.25, -0.2) is 0 Å². The van der Waals surface area contributed by atoms with Crippen LogP contribution in [0.2, 0.25) is 0 Å². The summed E-state index contributed by atoms with van der Waals surface area (Å²) >= 11 is 0. The molecule has 1 heterocycles. The summed E-state index contributed by atoms with van der Waals surface area (Å²) in [6.45, 7) is 10.9. The number of hydrogen-bond acceptors (Lipinski definition) is 2. The van der Waals surface area contributed by atoms with Crippen LogP contribution in [-0.2, 0) is 13.0 Å². The van der Waals surface area contributed by atoms with Gasteiger partial charge in [0.25, 0.3) is 0 Å². The maximum Gasteiger partial charge on any atom is 0.0522 e. The van der Waals surface area contributed by atoms with E-state index < -0.39 is 0 Å². The standard InChI is InChI=1S/C16H31N3/c1-5-9-15(10-6-2)16(17-7-3)11-14-12-18-19(8-4)13-14/h12-13,15-17H,5-11H2,1-4H3. The van der Waals surface area contributed by atoms with Crippen molar-refractivity contribution in [3.8, 4) is 0 Å². The second-order valence-electron chi connectivity index (χ2n) is 5.41. The number of aromatic nitrogens is 2. The van der Waals surface area contributed by atoms with E-state index in [-0.39, 0.29) is 0 Å². The normalized spacial score (nSPS) is 13.1. The maximum absolute atomic E-state index is 4.39. The first kappa shape index (κ1) is 16.2. The van der Waals surface area contributed by atoms with Crippen molar-refractivity contribution in [1.82, 2.24) is 15.1 Å². The predicted molar refractivity (Wildman–Crippen MR) is 82.4 cm³/mol. The highest BCUT2D eigenvalue weighted by Gasteiger charge is 2.20. The average molecular weight is 265 g/mol. The topological polar surface area (TPSA) is 29.9 Å². The van der Waals surface area contributed by atoms with Crippen LogP contribution in [0.25, 0.3) is 0 Å². The van der Waals surface area contributed by atoms with E-state index in [1.165, 1.54) is 31.2 Å². The van der Waals surface area contributed by atoms with Crippen LogP contribution in [0.15, 0.2) is 12.4 Å². The minimum atomic E-state index is 0.597. The number of likely N-dealkylation sites (N-methyl/N-ethyl adjacent to an activating group) is 1. The lowest BCUT2D eigenvalue weighted by molar-refractivity contribution is 0.312. The molecule has 110 valence electrons. The summed E-state index contributed by atoms with van der Waals surface area (Å²) in [6.07, 6.45) is 10.5. The highest BCUT2D eigenvalue weighted by Crippen LogP contribution is 2.21. The smallest absolute Gasteiger partial charge is 0.0522 e. The molecule has 0 aromatic carbocycles. The van der Waals surface area contributed by atoms with Gasteiger partial charge in [-0.05, 0) is 44.2 Å². The van der Waals surface area contributed by atoms with E-state index in [9.17, 15) is 0 Å². The maximum atomic E-state index is 4.39. The lowest BCUT2D eigenvalue weighted by atomic mass is 9.87. The SMILES string of the molecule is CCCC(CCC)C(Cc1cnn(CC)c1)NCC. The minimum Gasteiger partial charge on any atom is -0.314 e. The summed E-state index contributed by atoms with van der Waals surface area (Å²) in [6, 6.07) is 0.597. The van der Waals surface area contributed by atoms with Gasteiger partial charge in [0.15, 0.2) is 0 Å². The molecule has 1 N–H and O–H groups in total. The Hall–Kier alpha value is -0.830. The molecule has 0 fully saturated rings. The van der Waals surface area contributed by atoms with Crippen LogP contribution in [0.4, 0.5) is 0 Å². The van der Waals surface area contributed by atoms with Crippen LogP contribution >= 0.6 is 0 Å². The zero-order valence-corrected chi connectivity index (χ0v) is 13.2. The molecule has 1 atom stereocenters. The van der Waals surface area contributed by atoms with E-state index in [1.807, 2.05) is 10.9 Å². The van der Waals surface area contributed by atoms with E-state index in [0.29, 0.717) is 6.04 Å². The Morgan fingerprint density at radius 2 is 1.84 bits per heavy atom. The van der Waals surface area contributed by atoms with Crippen LogP contribution in [0.1, 0.15) is 58.9 Å². The second-order valence-corrected chi connectivity index (χ2v) is 5.41. The molecular formula is C16H31N3. The summed E-state index contributed by atoms with van der Waals surface area (Å²) in [7, 11) is 0. The van der Waals surface area contributed by atoms with E-state index in [4.69, 9.17) is 0 Å². The molecule has 1 aromatic rings. The minimum absolute atomic E-state index is 0.597. The van der Waals surface area contributed by atoms with Crippen molar-refractivity contribution in [3.63, 3.8) is 0 Å². The molecule has 1 rings (SSSR count). The number of nitrogens with zero attached hydrogens (tertiary/aromatic N) is 2. The van der Waals surface area contributed by atoms with E-state index in [1.54, 1.807) is 0 Å². The van der Waals surface area contributed by atoms with Crippen molar-refractivity contribution >= 4 is 0 Å². The van der Waals surface area contributed by atoms with Gasteiger partial charge >= 0.3 is 0 Å². The molecule has 0 saturated heterocycles. The van der Waals surface area contributed by atoms with Gasteiger partial charge in [-0.15, -0.1) is 0 Å². The highest BCUT2D eigenvalue weighted by molar-refractivity contribution is 5.07. The molecule has 3 nitrogen and oxygen atoms in total. The molecule has 0 spiro atoms. The van der Waals surface area contributed by atoms with Crippen molar-refractivity contribution in [2.45, 2.75) is 72.4 Å². The molecule has 3 heteroatoms. The molecule has 0 aliphatic carbocycles. The van der Waals surface area contributed by atoms with Crippen molar-refractivity contribution in [1.29, 1.82) is 0 Å². The van der Waals surface area contributed by atoms with E-state index in [0.717, 1.165) is 25.4 Å². The summed E-state index contributed by atoms with van der Waals surface area (Å²) in [5.74, 6) is 0.792. The van der Waals surface area contributed by atoms with Gasteiger partial charge < -0.3 is 5.32 Å². The fourth-order valence-corrected chi connectivity index (χ4v) is 2.89. The Balaban J connectivity index is 2.68. The highest BCUT2D eigenvalue weighted by atomic mass is 15.3. The number of rotatable bonds is 10. The molecule has 0 radical (unpaired) electrons. The number of nitrogens with one attached hydrogen (secondary N) is 1. The number of aryl methyl sites for hydroxylation is 1. The Morgan fingerprint density at radius 3 is 2.32 bits per heavy atom. The monoisotopic (exact) mass is 265 g/mol. The third kappa shape index (κ3) is 5.35. The first-order valence-corrected chi connectivity index (χ1v) is 7.99. The average Bonchev–Trinajstić information content (AvgIpc) is 2.86. The Morgan fingerprint density at radius 1 is 1.16 bits per heavy atom. The van der Waals surface area contributed by atoms with Gasteiger partial charge in [0, 0.05) is 18.8 Å². The fourth-order valence-electron chi connectivity index (χ4n) is 2.89. The van der Waals surface area contributed by atoms with Crippen LogP contribution in [0, 0.1) is 5.92 Å². The third-order valence-electron chi connectivity index (χ3n) is 3.82. The molecule has 0 aliphatic rings. The first-order chi connectivity index (χ1) is 9.24. The fraction of sp³-hybridized carbons (Fsp3) is 0.812. The van der Waals surface area contributed by atoms with E-state index >= 15 is 0 Å². The van der Waals surface area contributed by atoms with Crippen LogP contribution < -0.4 is 5.32 Å². The number of hydrogen-bond donors (Lipinski definition) is 1. The molecule has 0 amide bonds. The van der Waals surface area contributed by atoms with E-state index in [2.05, 4.69) is 44.3 Å². The third-order valence-corrected chi connectivity index (χ3v) is 3.82. The van der Waals surface area contributed by atoms with Gasteiger partial charge in [-0.1, -0.05) is 33.6 Å². The van der Waals surface area contributed by atoms with Crippen LogP contribution in [0.3, 0.4) is 0 Å². The van der Waals surface area contributed by atoms with Crippen LogP contribution in [-0.4, -0.2) is 22.4 Å². The Kier molecular flexibility index (Phi) is 7.80. The first-order valence-electron chi connectivity index (χ1n) is 7.99. The second kappa shape index (κ2) is 9.13. The Labute approximate surface area is 118 Å². The molecule has 1 unspecified atom stereocenters. The quantitative estimate of drug-likeness (QED) is 0.700. The van der Waals surface area contributed by atoms with Gasteiger partial charge in [0.1, 0.15) is 0 Å². The van der Waals surface area contributed by atoms with Crippen molar-refractivity contribution in [2.75, 3.05) is 6.54 Å². The van der Waals surface area contributed by atoms with Gasteiger partial charge in [-0.3, -0.25) is 4.68 Å². The molecule has 1 aromatic heterocycles. The molecule has 0 saturated carbocycles. The molecule has 19 heavy (non-hydrogen) atoms. The summed E-state index contributed by atoms with van der Waals surface area (Å²) in [5, 5.41) is 8.08. The molecular weight excluding hydrogens is 234 g/mol. The van der Waals surface area contributed by atoms with Gasteiger partial charge in [0.2, 0.25) is 0 Å². The summed E-state index contributed by atoms with van der Waals surface area (Å²) < 4.78 is 2.02. The zero-order valence-electron chi connectivity index (χ0n) is 13.2. The Bertz CT molecular complexity index is 326. The summed E-state index contributed by atoms with van der Waals surface area (Å²) in [5.41, 5.74) is 1.37. The molecule has 0 bridgehead atoms. The van der Waals surface area contributed by atoms with Crippen molar-refractivity contribution < 1.29 is 0 Å². The predicted octanol–water partition coefficient (Wildman–Crippen LogP) is 3.64. The lowest BCUT2D eigenvalue weighted by Gasteiger charge is -2.27. The van der Waals surface area contributed by atoms with Crippen molar-refractivity contribution in [3.05, 3.63) is 18.0 Å². The van der Waals surface area contributed by atoms with Gasteiger partial charge in [0.05, 0.1) is 6.20 Å².